The van der Waals surface area contributed by atoms with E-state index in [9.17, 15) is 0 Å². The van der Waals surface area contributed by atoms with Crippen LogP contribution in [0.5, 0.6) is 0 Å². The van der Waals surface area contributed by atoms with Crippen molar-refractivity contribution in [2.45, 2.75) is 0 Å². The van der Waals surface area contributed by atoms with E-state index in [4.69, 9.17) is 18.0 Å². The maximum Gasteiger partial charge on any atom is 0.107 e. The number of nitrogens with zero attached hydrogens (tertiary/aromatic N) is 3. The van der Waals surface area contributed by atoms with Gasteiger partial charge in [0.15, 0.2) is 0 Å². The number of pyridine rings is 1. The van der Waals surface area contributed by atoms with Crippen LogP contribution in [0.25, 0.3) is 16.6 Å². The highest BCUT2D eigenvalue weighted by atomic mass is 32.1. The molecule has 3 rings (SSSR count). The Bertz CT molecular complexity index is 719. The molecule has 2 aromatic heterocycles. The van der Waals surface area contributed by atoms with E-state index in [1.165, 1.54) is 0 Å². The molecule has 2 heterocycles. The number of para-hydroxylation sites is 1. The second-order valence-electron chi connectivity index (χ2n) is 3.85. The van der Waals surface area contributed by atoms with Crippen molar-refractivity contribution in [2.75, 3.05) is 0 Å². The average Bonchev–Trinajstić information content (AvgIpc) is 2.90. The van der Waals surface area contributed by atoms with Crippen molar-refractivity contribution in [2.24, 2.45) is 5.73 Å². The standard InChI is InChI=1S/C13H10N4S/c14-13(18)10-8-15-11-5-2-1-4-9(11)12(10)17-7-3-6-16-17/h1-8H,(H2,14,18). The predicted molar refractivity (Wildman–Crippen MR) is 74.8 cm³/mol. The highest BCUT2D eigenvalue weighted by molar-refractivity contribution is 7.80. The molecule has 0 fully saturated rings. The Morgan fingerprint density at radius 2 is 2.06 bits per heavy atom. The average molecular weight is 254 g/mol. The first kappa shape index (κ1) is 10.9. The van der Waals surface area contributed by atoms with Gasteiger partial charge in [0, 0.05) is 24.0 Å². The van der Waals surface area contributed by atoms with Gasteiger partial charge in [-0.25, -0.2) is 4.68 Å². The third-order valence-electron chi connectivity index (χ3n) is 2.75. The molecule has 18 heavy (non-hydrogen) atoms. The van der Waals surface area contributed by atoms with E-state index in [0.717, 1.165) is 22.2 Å². The fourth-order valence-electron chi connectivity index (χ4n) is 1.96. The van der Waals surface area contributed by atoms with E-state index in [0.29, 0.717) is 4.99 Å². The van der Waals surface area contributed by atoms with E-state index >= 15 is 0 Å². The summed E-state index contributed by atoms with van der Waals surface area (Å²) < 4.78 is 1.76. The lowest BCUT2D eigenvalue weighted by Gasteiger charge is -2.11. The van der Waals surface area contributed by atoms with Gasteiger partial charge in [-0.1, -0.05) is 30.4 Å². The number of hydrogen-bond donors (Lipinski definition) is 1. The van der Waals surface area contributed by atoms with Crippen LogP contribution < -0.4 is 5.73 Å². The van der Waals surface area contributed by atoms with Crippen LogP contribution >= 0.6 is 12.2 Å². The summed E-state index contributed by atoms with van der Waals surface area (Å²) in [6.45, 7) is 0. The zero-order chi connectivity index (χ0) is 12.5. The molecule has 0 radical (unpaired) electrons. The van der Waals surface area contributed by atoms with Gasteiger partial charge in [0.1, 0.15) is 4.99 Å². The minimum atomic E-state index is 0.318. The molecule has 5 heteroatoms. The molecule has 1 aromatic carbocycles. The van der Waals surface area contributed by atoms with E-state index in [2.05, 4.69) is 10.1 Å². The van der Waals surface area contributed by atoms with Crippen LogP contribution in [0.2, 0.25) is 0 Å². The van der Waals surface area contributed by atoms with Crippen LogP contribution in [0.4, 0.5) is 0 Å². The van der Waals surface area contributed by atoms with Gasteiger partial charge in [-0.05, 0) is 12.1 Å². The predicted octanol–water partition coefficient (Wildman–Crippen LogP) is 2.05. The van der Waals surface area contributed by atoms with Gasteiger partial charge in [-0.3, -0.25) is 4.98 Å². The Morgan fingerprint density at radius 1 is 1.22 bits per heavy atom. The highest BCUT2D eigenvalue weighted by Crippen LogP contribution is 2.23. The minimum Gasteiger partial charge on any atom is -0.389 e. The summed E-state index contributed by atoms with van der Waals surface area (Å²) in [4.78, 5) is 4.68. The van der Waals surface area contributed by atoms with Crippen LogP contribution in [0.15, 0.2) is 48.9 Å². The molecule has 0 aliphatic rings. The molecule has 3 aromatic rings. The number of fused-ring (bicyclic) bond motifs is 1. The summed E-state index contributed by atoms with van der Waals surface area (Å²) in [5.41, 5.74) is 8.26. The number of rotatable bonds is 2. The van der Waals surface area contributed by atoms with Crippen LogP contribution in [-0.2, 0) is 0 Å². The molecular formula is C13H10N4S. The van der Waals surface area contributed by atoms with Crippen molar-refractivity contribution in [1.29, 1.82) is 0 Å². The second-order valence-corrected chi connectivity index (χ2v) is 4.29. The van der Waals surface area contributed by atoms with E-state index in [1.54, 1.807) is 17.1 Å². The summed E-state index contributed by atoms with van der Waals surface area (Å²) in [5, 5.41) is 5.23. The number of benzene rings is 1. The van der Waals surface area contributed by atoms with Crippen molar-refractivity contribution in [3.63, 3.8) is 0 Å². The number of thiocarbonyl (C=S) groups is 1. The maximum absolute atomic E-state index is 5.76. The number of aromatic nitrogens is 3. The first-order chi connectivity index (χ1) is 8.77. The zero-order valence-corrected chi connectivity index (χ0v) is 10.3. The van der Waals surface area contributed by atoms with Gasteiger partial charge in [-0.15, -0.1) is 0 Å². The Balaban J connectivity index is 2.43. The maximum atomic E-state index is 5.76. The lowest BCUT2D eigenvalue weighted by atomic mass is 10.1. The van der Waals surface area contributed by atoms with Gasteiger partial charge in [0.25, 0.3) is 0 Å². The van der Waals surface area contributed by atoms with Gasteiger partial charge >= 0.3 is 0 Å². The summed E-state index contributed by atoms with van der Waals surface area (Å²) in [6, 6.07) is 9.70. The molecule has 0 aliphatic carbocycles. The van der Waals surface area contributed by atoms with Crippen molar-refractivity contribution in [3.8, 4) is 5.69 Å². The monoisotopic (exact) mass is 254 g/mol. The zero-order valence-electron chi connectivity index (χ0n) is 9.45. The fourth-order valence-corrected chi connectivity index (χ4v) is 2.10. The molecule has 0 atom stereocenters. The molecule has 0 amide bonds. The first-order valence-electron chi connectivity index (χ1n) is 5.45. The quantitative estimate of drug-likeness (QED) is 0.711. The Hall–Kier alpha value is -2.27. The topological polar surface area (TPSA) is 56.7 Å². The summed E-state index contributed by atoms with van der Waals surface area (Å²) >= 11 is 5.08. The molecule has 0 bridgehead atoms. The normalized spacial score (nSPS) is 10.7. The Labute approximate surface area is 109 Å². The minimum absolute atomic E-state index is 0.318. The molecule has 88 valence electrons. The summed E-state index contributed by atoms with van der Waals surface area (Å²) in [5.74, 6) is 0. The molecular weight excluding hydrogens is 244 g/mol. The largest absolute Gasteiger partial charge is 0.389 e. The molecule has 0 saturated heterocycles. The molecule has 0 aliphatic heterocycles. The SMILES string of the molecule is NC(=S)c1cnc2ccccc2c1-n1cccn1. The van der Waals surface area contributed by atoms with Crippen molar-refractivity contribution < 1.29 is 0 Å². The van der Waals surface area contributed by atoms with Crippen LogP contribution in [0.3, 0.4) is 0 Å². The van der Waals surface area contributed by atoms with Crippen molar-refractivity contribution >= 4 is 28.1 Å². The van der Waals surface area contributed by atoms with Gasteiger partial charge in [0.05, 0.1) is 16.8 Å². The summed E-state index contributed by atoms with van der Waals surface area (Å²) in [6.07, 6.45) is 5.28. The Kier molecular flexibility index (Phi) is 2.53. The van der Waals surface area contributed by atoms with Crippen molar-refractivity contribution in [1.82, 2.24) is 14.8 Å². The van der Waals surface area contributed by atoms with E-state index in [1.807, 2.05) is 36.5 Å². The fraction of sp³-hybridized carbons (Fsp3) is 0. The molecule has 2 N–H and O–H groups in total. The van der Waals surface area contributed by atoms with Crippen LogP contribution in [0.1, 0.15) is 5.56 Å². The highest BCUT2D eigenvalue weighted by Gasteiger charge is 2.12. The van der Waals surface area contributed by atoms with Gasteiger partial charge in [-0.2, -0.15) is 5.10 Å². The van der Waals surface area contributed by atoms with E-state index < -0.39 is 0 Å². The summed E-state index contributed by atoms with van der Waals surface area (Å²) in [7, 11) is 0. The Morgan fingerprint density at radius 3 is 2.78 bits per heavy atom. The lowest BCUT2D eigenvalue weighted by Crippen LogP contribution is -2.14. The molecule has 0 spiro atoms. The van der Waals surface area contributed by atoms with Crippen molar-refractivity contribution in [3.05, 3.63) is 54.5 Å². The molecule has 4 nitrogen and oxygen atoms in total. The smallest absolute Gasteiger partial charge is 0.107 e. The van der Waals surface area contributed by atoms with Crippen LogP contribution in [-0.4, -0.2) is 19.8 Å². The molecule has 0 saturated carbocycles. The van der Waals surface area contributed by atoms with E-state index in [-0.39, 0.29) is 0 Å². The lowest BCUT2D eigenvalue weighted by molar-refractivity contribution is 0.884. The molecule has 0 unspecified atom stereocenters. The van der Waals surface area contributed by atoms with Crippen LogP contribution in [0, 0.1) is 0 Å². The third-order valence-corrected chi connectivity index (χ3v) is 2.97. The second kappa shape index (κ2) is 4.19. The first-order valence-corrected chi connectivity index (χ1v) is 5.86. The number of nitrogens with two attached hydrogens (primary N) is 1. The third kappa shape index (κ3) is 1.65. The van der Waals surface area contributed by atoms with Gasteiger partial charge in [0.2, 0.25) is 0 Å². The number of hydrogen-bond acceptors (Lipinski definition) is 3. The van der Waals surface area contributed by atoms with Gasteiger partial charge < -0.3 is 5.73 Å².